The van der Waals surface area contributed by atoms with Gasteiger partial charge < -0.3 is 10.1 Å². The first-order valence-corrected chi connectivity index (χ1v) is 7.70. The molecule has 0 atom stereocenters. The third-order valence-corrected chi connectivity index (χ3v) is 3.91. The lowest BCUT2D eigenvalue weighted by atomic mass is 10.1. The minimum Gasteiger partial charge on any atom is -0.464 e. The van der Waals surface area contributed by atoms with E-state index in [1.807, 2.05) is 25.1 Å². The summed E-state index contributed by atoms with van der Waals surface area (Å²) < 4.78 is 5.52. The summed E-state index contributed by atoms with van der Waals surface area (Å²) >= 11 is 11.9. The van der Waals surface area contributed by atoms with Gasteiger partial charge in [-0.2, -0.15) is 0 Å². The van der Waals surface area contributed by atoms with E-state index in [1.165, 1.54) is 6.26 Å². The Kier molecular flexibility index (Phi) is 4.42. The molecule has 1 heterocycles. The minimum absolute atomic E-state index is 0.275. The molecule has 23 heavy (non-hydrogen) atoms. The summed E-state index contributed by atoms with van der Waals surface area (Å²) in [6.45, 7) is 1.99. The SMILES string of the molecule is Cc1ccc2c(c1)C=C(C(=O)Nc1ccc(Cl)cc1Cl)C=CO2. The van der Waals surface area contributed by atoms with Crippen molar-refractivity contribution < 1.29 is 9.53 Å². The van der Waals surface area contributed by atoms with Gasteiger partial charge in [0.05, 0.1) is 17.0 Å². The Morgan fingerprint density at radius 1 is 1.13 bits per heavy atom. The fourth-order valence-corrected chi connectivity index (χ4v) is 2.67. The van der Waals surface area contributed by atoms with Crippen molar-refractivity contribution in [3.8, 4) is 5.75 Å². The molecule has 0 spiro atoms. The maximum Gasteiger partial charge on any atom is 0.255 e. The third kappa shape index (κ3) is 3.58. The first-order chi connectivity index (χ1) is 11.0. The van der Waals surface area contributed by atoms with Gasteiger partial charge in [-0.25, -0.2) is 0 Å². The molecule has 2 aromatic rings. The largest absolute Gasteiger partial charge is 0.464 e. The average molecular weight is 346 g/mol. The van der Waals surface area contributed by atoms with Crippen LogP contribution in [0.5, 0.6) is 5.75 Å². The van der Waals surface area contributed by atoms with Crippen LogP contribution >= 0.6 is 23.2 Å². The fourth-order valence-electron chi connectivity index (χ4n) is 2.21. The topological polar surface area (TPSA) is 38.3 Å². The summed E-state index contributed by atoms with van der Waals surface area (Å²) in [6.07, 6.45) is 4.90. The summed E-state index contributed by atoms with van der Waals surface area (Å²) in [4.78, 5) is 12.5. The summed E-state index contributed by atoms with van der Waals surface area (Å²) in [5.41, 5.74) is 2.92. The van der Waals surface area contributed by atoms with Crippen LogP contribution < -0.4 is 10.1 Å². The molecule has 0 fully saturated rings. The van der Waals surface area contributed by atoms with Crippen LogP contribution in [0.4, 0.5) is 5.69 Å². The Balaban J connectivity index is 1.89. The molecule has 2 aromatic carbocycles. The minimum atomic E-state index is -0.275. The van der Waals surface area contributed by atoms with E-state index in [4.69, 9.17) is 27.9 Å². The van der Waals surface area contributed by atoms with E-state index >= 15 is 0 Å². The van der Waals surface area contributed by atoms with E-state index in [-0.39, 0.29) is 5.91 Å². The molecular formula is C18H13Cl2NO2. The lowest BCUT2D eigenvalue weighted by Gasteiger charge is -2.08. The highest BCUT2D eigenvalue weighted by atomic mass is 35.5. The Bertz CT molecular complexity index is 841. The van der Waals surface area contributed by atoms with Crippen LogP contribution in [0.1, 0.15) is 11.1 Å². The average Bonchev–Trinajstić information content (AvgIpc) is 2.71. The van der Waals surface area contributed by atoms with Crippen molar-refractivity contribution in [2.24, 2.45) is 0 Å². The molecular weight excluding hydrogens is 333 g/mol. The monoisotopic (exact) mass is 345 g/mol. The van der Waals surface area contributed by atoms with Crippen molar-refractivity contribution in [3.05, 3.63) is 75.5 Å². The van der Waals surface area contributed by atoms with Gasteiger partial charge in [-0.1, -0.05) is 34.8 Å². The molecule has 0 saturated heterocycles. The number of nitrogens with one attached hydrogen (secondary N) is 1. The number of halogens is 2. The molecule has 0 radical (unpaired) electrons. The molecule has 3 rings (SSSR count). The summed E-state index contributed by atoms with van der Waals surface area (Å²) in [5.74, 6) is 0.433. The molecule has 0 bridgehead atoms. The van der Waals surface area contributed by atoms with Gasteiger partial charge in [0.2, 0.25) is 0 Å². The molecule has 1 N–H and O–H groups in total. The predicted molar refractivity (Wildman–Crippen MR) is 94.0 cm³/mol. The second kappa shape index (κ2) is 6.49. The first kappa shape index (κ1) is 15.7. The zero-order valence-electron chi connectivity index (χ0n) is 12.3. The smallest absolute Gasteiger partial charge is 0.255 e. The van der Waals surface area contributed by atoms with Crippen molar-refractivity contribution in [1.82, 2.24) is 0 Å². The maximum absolute atomic E-state index is 12.5. The summed E-state index contributed by atoms with van der Waals surface area (Å²) in [7, 11) is 0. The van der Waals surface area contributed by atoms with Crippen LogP contribution in [-0.2, 0) is 4.79 Å². The third-order valence-electron chi connectivity index (χ3n) is 3.36. The van der Waals surface area contributed by atoms with Crippen LogP contribution in [0.15, 0.2) is 54.3 Å². The number of anilines is 1. The molecule has 5 heteroatoms. The molecule has 0 aromatic heterocycles. The number of amides is 1. The van der Waals surface area contributed by atoms with Gasteiger partial charge in [0.1, 0.15) is 5.75 Å². The van der Waals surface area contributed by atoms with E-state index in [1.54, 1.807) is 30.4 Å². The molecule has 0 aliphatic carbocycles. The Labute approximate surface area is 144 Å². The zero-order chi connectivity index (χ0) is 16.4. The molecule has 0 saturated carbocycles. The maximum atomic E-state index is 12.5. The molecule has 116 valence electrons. The number of hydrogen-bond donors (Lipinski definition) is 1. The Morgan fingerprint density at radius 2 is 1.96 bits per heavy atom. The van der Waals surface area contributed by atoms with Gasteiger partial charge in [0.25, 0.3) is 5.91 Å². The number of benzene rings is 2. The van der Waals surface area contributed by atoms with Crippen molar-refractivity contribution in [2.45, 2.75) is 6.92 Å². The van der Waals surface area contributed by atoms with E-state index in [2.05, 4.69) is 5.32 Å². The first-order valence-electron chi connectivity index (χ1n) is 6.95. The Morgan fingerprint density at radius 3 is 2.74 bits per heavy atom. The number of carbonyl (C=O) groups is 1. The Hall–Kier alpha value is -2.23. The van der Waals surface area contributed by atoms with Gasteiger partial charge in [0.15, 0.2) is 0 Å². The fraction of sp³-hybridized carbons (Fsp3) is 0.0556. The number of rotatable bonds is 2. The van der Waals surface area contributed by atoms with Crippen LogP contribution in [0.3, 0.4) is 0 Å². The van der Waals surface area contributed by atoms with Crippen molar-refractivity contribution in [3.63, 3.8) is 0 Å². The van der Waals surface area contributed by atoms with Gasteiger partial charge >= 0.3 is 0 Å². The highest BCUT2D eigenvalue weighted by molar-refractivity contribution is 6.36. The predicted octanol–water partition coefficient (Wildman–Crippen LogP) is 5.23. The molecule has 3 nitrogen and oxygen atoms in total. The number of ether oxygens (including phenoxy) is 1. The number of aryl methyl sites for hydroxylation is 1. The van der Waals surface area contributed by atoms with Crippen molar-refractivity contribution in [1.29, 1.82) is 0 Å². The van der Waals surface area contributed by atoms with Crippen LogP contribution in [0, 0.1) is 6.92 Å². The summed E-state index contributed by atoms with van der Waals surface area (Å²) in [5, 5.41) is 3.67. The highest BCUT2D eigenvalue weighted by Crippen LogP contribution is 2.28. The van der Waals surface area contributed by atoms with E-state index < -0.39 is 0 Å². The van der Waals surface area contributed by atoms with Crippen molar-refractivity contribution in [2.75, 3.05) is 5.32 Å². The quantitative estimate of drug-likeness (QED) is 0.809. The van der Waals surface area contributed by atoms with Gasteiger partial charge in [-0.3, -0.25) is 4.79 Å². The van der Waals surface area contributed by atoms with Gasteiger partial charge in [0, 0.05) is 16.2 Å². The number of hydrogen-bond acceptors (Lipinski definition) is 2. The van der Waals surface area contributed by atoms with E-state index in [9.17, 15) is 4.79 Å². The second-order valence-corrected chi connectivity index (χ2v) is 5.98. The molecule has 1 aliphatic heterocycles. The van der Waals surface area contributed by atoms with Gasteiger partial charge in [-0.15, -0.1) is 0 Å². The lowest BCUT2D eigenvalue weighted by molar-refractivity contribution is -0.112. The van der Waals surface area contributed by atoms with Crippen LogP contribution in [0.2, 0.25) is 10.0 Å². The second-order valence-electron chi connectivity index (χ2n) is 5.14. The summed E-state index contributed by atoms with van der Waals surface area (Å²) in [6, 6.07) is 10.7. The lowest BCUT2D eigenvalue weighted by Crippen LogP contribution is -2.13. The standard InChI is InChI=1S/C18H13Cl2NO2/c1-11-2-5-17-13(8-11)9-12(6-7-23-17)18(22)21-16-4-3-14(19)10-15(16)20/h2-10H,1H3,(H,21,22). The molecule has 0 unspecified atom stereocenters. The van der Waals surface area contributed by atoms with Crippen LogP contribution in [0.25, 0.3) is 6.08 Å². The van der Waals surface area contributed by atoms with Gasteiger partial charge in [-0.05, 0) is 49.4 Å². The number of carbonyl (C=O) groups excluding carboxylic acids is 1. The molecule has 1 amide bonds. The normalized spacial score (nSPS) is 12.7. The highest BCUT2D eigenvalue weighted by Gasteiger charge is 2.13. The van der Waals surface area contributed by atoms with Crippen LogP contribution in [-0.4, -0.2) is 5.91 Å². The number of fused-ring (bicyclic) bond motifs is 1. The molecule has 1 aliphatic rings. The van der Waals surface area contributed by atoms with E-state index in [0.29, 0.717) is 27.1 Å². The van der Waals surface area contributed by atoms with E-state index in [0.717, 1.165) is 11.1 Å². The zero-order valence-corrected chi connectivity index (χ0v) is 13.8. The van der Waals surface area contributed by atoms with Crippen molar-refractivity contribution >= 4 is 40.9 Å².